The lowest BCUT2D eigenvalue weighted by molar-refractivity contribution is 0.0254. The molecular weight excluding hydrogens is 428 g/mol. The summed E-state index contributed by atoms with van der Waals surface area (Å²) in [5.41, 5.74) is 4.59. The monoisotopic (exact) mass is 464 g/mol. The molecule has 0 saturated heterocycles. The summed E-state index contributed by atoms with van der Waals surface area (Å²) in [4.78, 5) is 28.2. The number of fused-ring (bicyclic) bond motifs is 3. The van der Waals surface area contributed by atoms with Gasteiger partial charge in [-0.3, -0.25) is 4.79 Å². The maximum absolute atomic E-state index is 13.0. The number of nitrogens with zero attached hydrogens (tertiary/aromatic N) is 1. The summed E-state index contributed by atoms with van der Waals surface area (Å²) in [6.07, 6.45) is 6.89. The number of pyridine rings is 1. The van der Waals surface area contributed by atoms with Gasteiger partial charge < -0.3 is 15.2 Å². The minimum Gasteiger partial charge on any atom is -0.494 e. The fourth-order valence-electron chi connectivity index (χ4n) is 6.48. The van der Waals surface area contributed by atoms with Crippen LogP contribution in [0.3, 0.4) is 0 Å². The fraction of sp³-hybridized carbons (Fsp3) is 0.536. The molecule has 0 spiro atoms. The van der Waals surface area contributed by atoms with Crippen LogP contribution in [0.25, 0.3) is 0 Å². The van der Waals surface area contributed by atoms with Crippen LogP contribution in [-0.4, -0.2) is 35.6 Å². The Morgan fingerprint density at radius 2 is 2.00 bits per heavy atom. The van der Waals surface area contributed by atoms with Crippen molar-refractivity contribution in [3.8, 4) is 5.75 Å². The number of rotatable bonds is 6. The molecule has 0 radical (unpaired) electrons. The number of aromatic nitrogens is 1. The quantitative estimate of drug-likeness (QED) is 0.601. The van der Waals surface area contributed by atoms with Gasteiger partial charge in [0.25, 0.3) is 5.91 Å². The standard InChI is InChI=1S/C28H36N2O4/c1-17(2)18-7-9-21-19(13-18)8-10-23-27(3,11-6-12-28(21,23)4)16-30-25(31)20-14-22(34-5)24(26(32)33)29-15-20/h7,9,13-15,17,23H,6,8,10-12,16H2,1-5H3,(H,30,31)(H,32,33)/t23-,27+,28+/m0/s1. The van der Waals surface area contributed by atoms with E-state index in [1.165, 1.54) is 42.5 Å². The average molecular weight is 465 g/mol. The molecule has 1 amide bonds. The van der Waals surface area contributed by atoms with Crippen molar-refractivity contribution < 1.29 is 19.4 Å². The van der Waals surface area contributed by atoms with Gasteiger partial charge in [-0.05, 0) is 71.1 Å². The van der Waals surface area contributed by atoms with Crippen LogP contribution >= 0.6 is 0 Å². The van der Waals surface area contributed by atoms with Crippen molar-refractivity contribution in [3.63, 3.8) is 0 Å². The first kappa shape index (κ1) is 24.2. The molecule has 2 aromatic rings. The number of aromatic carboxylic acids is 1. The number of ether oxygens (including phenoxy) is 1. The van der Waals surface area contributed by atoms with Crippen molar-refractivity contribution in [1.82, 2.24) is 10.3 Å². The van der Waals surface area contributed by atoms with E-state index >= 15 is 0 Å². The number of carboxylic acids is 1. The van der Waals surface area contributed by atoms with Gasteiger partial charge in [0.1, 0.15) is 0 Å². The van der Waals surface area contributed by atoms with Crippen LogP contribution in [0, 0.1) is 11.3 Å². The van der Waals surface area contributed by atoms with Crippen LogP contribution in [0.15, 0.2) is 30.5 Å². The molecule has 2 aliphatic rings. The topological polar surface area (TPSA) is 88.5 Å². The number of hydrogen-bond acceptors (Lipinski definition) is 4. The predicted octanol–water partition coefficient (Wildman–Crippen LogP) is 5.35. The number of carbonyl (C=O) groups is 2. The molecule has 6 heteroatoms. The summed E-state index contributed by atoms with van der Waals surface area (Å²) in [5.74, 6) is -0.347. The highest BCUT2D eigenvalue weighted by Gasteiger charge is 2.51. The van der Waals surface area contributed by atoms with Gasteiger partial charge >= 0.3 is 5.97 Å². The zero-order valence-corrected chi connectivity index (χ0v) is 20.9. The molecule has 1 saturated carbocycles. The molecule has 6 nitrogen and oxygen atoms in total. The summed E-state index contributed by atoms with van der Waals surface area (Å²) in [6.45, 7) is 9.80. The number of hydrogen-bond donors (Lipinski definition) is 2. The molecule has 2 N–H and O–H groups in total. The Kier molecular flexibility index (Phi) is 6.45. The minimum atomic E-state index is -1.18. The average Bonchev–Trinajstić information content (AvgIpc) is 2.81. The maximum Gasteiger partial charge on any atom is 0.358 e. The number of carbonyl (C=O) groups excluding carboxylic acids is 1. The summed E-state index contributed by atoms with van der Waals surface area (Å²) >= 11 is 0. The molecule has 1 heterocycles. The van der Waals surface area contributed by atoms with Gasteiger partial charge in [-0.2, -0.15) is 0 Å². The molecule has 0 aliphatic heterocycles. The smallest absolute Gasteiger partial charge is 0.358 e. The van der Waals surface area contributed by atoms with E-state index in [4.69, 9.17) is 4.74 Å². The highest BCUT2D eigenvalue weighted by Crippen LogP contribution is 2.57. The molecule has 3 atom stereocenters. The number of methoxy groups -OCH3 is 1. The lowest BCUT2D eigenvalue weighted by Crippen LogP contribution is -2.53. The summed E-state index contributed by atoms with van der Waals surface area (Å²) < 4.78 is 5.13. The third kappa shape index (κ3) is 4.19. The summed E-state index contributed by atoms with van der Waals surface area (Å²) in [7, 11) is 1.38. The number of carboxylic acid groups (broad SMARTS) is 1. The largest absolute Gasteiger partial charge is 0.494 e. The van der Waals surface area contributed by atoms with Crippen molar-refractivity contribution >= 4 is 11.9 Å². The molecule has 1 aromatic carbocycles. The van der Waals surface area contributed by atoms with Crippen LogP contribution < -0.4 is 10.1 Å². The zero-order chi connectivity index (χ0) is 24.7. The Morgan fingerprint density at radius 3 is 2.68 bits per heavy atom. The second kappa shape index (κ2) is 9.05. The van der Waals surface area contributed by atoms with Crippen molar-refractivity contribution in [2.24, 2.45) is 11.3 Å². The molecule has 2 aliphatic carbocycles. The van der Waals surface area contributed by atoms with Crippen molar-refractivity contribution in [1.29, 1.82) is 0 Å². The summed E-state index contributed by atoms with van der Waals surface area (Å²) in [5, 5.41) is 12.4. The second-order valence-electron chi connectivity index (χ2n) is 10.9. The highest BCUT2D eigenvalue weighted by atomic mass is 16.5. The first-order valence-corrected chi connectivity index (χ1v) is 12.3. The van der Waals surface area contributed by atoms with Crippen molar-refractivity contribution in [3.05, 3.63) is 58.4 Å². The molecule has 1 fully saturated rings. The minimum absolute atomic E-state index is 0.0183. The van der Waals surface area contributed by atoms with Crippen LogP contribution in [0.4, 0.5) is 0 Å². The molecule has 0 unspecified atom stereocenters. The lowest BCUT2D eigenvalue weighted by Gasteiger charge is -2.55. The van der Waals surface area contributed by atoms with E-state index in [1.54, 1.807) is 0 Å². The Balaban J connectivity index is 1.54. The van der Waals surface area contributed by atoms with E-state index in [9.17, 15) is 14.7 Å². The van der Waals surface area contributed by atoms with Gasteiger partial charge in [0.15, 0.2) is 11.4 Å². The van der Waals surface area contributed by atoms with Gasteiger partial charge in [0, 0.05) is 12.7 Å². The van der Waals surface area contributed by atoms with E-state index < -0.39 is 5.97 Å². The number of aryl methyl sites for hydroxylation is 1. The number of benzene rings is 1. The zero-order valence-electron chi connectivity index (χ0n) is 20.9. The van der Waals surface area contributed by atoms with Crippen LogP contribution in [0.5, 0.6) is 5.75 Å². The maximum atomic E-state index is 13.0. The van der Waals surface area contributed by atoms with Crippen molar-refractivity contribution in [2.75, 3.05) is 13.7 Å². The van der Waals surface area contributed by atoms with Crippen molar-refractivity contribution in [2.45, 2.75) is 71.1 Å². The fourth-order valence-corrected chi connectivity index (χ4v) is 6.48. The lowest BCUT2D eigenvalue weighted by atomic mass is 9.49. The van der Waals surface area contributed by atoms with Gasteiger partial charge in [0.2, 0.25) is 0 Å². The molecule has 1 aromatic heterocycles. The normalized spacial score (nSPS) is 25.9. The Morgan fingerprint density at radius 1 is 1.24 bits per heavy atom. The summed E-state index contributed by atoms with van der Waals surface area (Å²) in [6, 6.07) is 8.52. The van der Waals surface area contributed by atoms with Gasteiger partial charge in [-0.1, -0.05) is 52.3 Å². The Hall–Kier alpha value is -2.89. The first-order chi connectivity index (χ1) is 16.1. The molecule has 4 rings (SSSR count). The second-order valence-corrected chi connectivity index (χ2v) is 10.9. The SMILES string of the molecule is COc1cc(C(=O)NC[C@@]2(C)CCC[C@]3(C)c4ccc(C(C)C)cc4CC[C@@H]23)cnc1C(=O)O. The Bertz CT molecular complexity index is 1110. The number of nitrogens with one attached hydrogen (secondary N) is 1. The molecule has 182 valence electrons. The highest BCUT2D eigenvalue weighted by molar-refractivity contribution is 5.96. The predicted molar refractivity (Wildman–Crippen MR) is 132 cm³/mol. The molecule has 0 bridgehead atoms. The van der Waals surface area contributed by atoms with Gasteiger partial charge in [-0.25, -0.2) is 9.78 Å². The third-order valence-electron chi connectivity index (χ3n) is 8.36. The van der Waals surface area contributed by atoms with E-state index in [-0.39, 0.29) is 28.2 Å². The van der Waals surface area contributed by atoms with Crippen LogP contribution in [0.1, 0.15) is 96.8 Å². The van der Waals surface area contributed by atoms with Gasteiger partial charge in [-0.15, -0.1) is 0 Å². The van der Waals surface area contributed by atoms with E-state index in [0.717, 1.165) is 25.7 Å². The van der Waals surface area contributed by atoms with Gasteiger partial charge in [0.05, 0.1) is 12.7 Å². The number of amides is 1. The van der Waals surface area contributed by atoms with E-state index in [0.29, 0.717) is 23.9 Å². The van der Waals surface area contributed by atoms with E-state index in [2.05, 4.69) is 56.2 Å². The molecule has 34 heavy (non-hydrogen) atoms. The molecular formula is C28H36N2O4. The van der Waals surface area contributed by atoms with Crippen LogP contribution in [-0.2, 0) is 11.8 Å². The first-order valence-electron chi connectivity index (χ1n) is 12.3. The van der Waals surface area contributed by atoms with E-state index in [1.807, 2.05) is 0 Å². The Labute approximate surface area is 202 Å². The van der Waals surface area contributed by atoms with Crippen LogP contribution in [0.2, 0.25) is 0 Å². The third-order valence-corrected chi connectivity index (χ3v) is 8.36.